The molecule has 1 aromatic carbocycles. The fraction of sp³-hybridized carbons (Fsp3) is 0.312. The number of anilines is 1. The van der Waals surface area contributed by atoms with E-state index in [9.17, 15) is 0 Å². The second kappa shape index (κ2) is 4.26. The van der Waals surface area contributed by atoms with Crippen LogP contribution in [0.3, 0.4) is 0 Å². The van der Waals surface area contributed by atoms with Crippen molar-refractivity contribution in [2.75, 3.05) is 18.0 Å². The van der Waals surface area contributed by atoms with E-state index in [2.05, 4.69) is 29.2 Å². The van der Waals surface area contributed by atoms with Gasteiger partial charge in [-0.2, -0.15) is 4.98 Å². The molecule has 3 heteroatoms. The van der Waals surface area contributed by atoms with Crippen molar-refractivity contribution in [3.05, 3.63) is 47.5 Å². The molecular formula is C16H16N2O. The number of benzene rings is 1. The van der Waals surface area contributed by atoms with Gasteiger partial charge in [-0.3, -0.25) is 0 Å². The van der Waals surface area contributed by atoms with Gasteiger partial charge in [0.25, 0.3) is 0 Å². The molecule has 96 valence electrons. The van der Waals surface area contributed by atoms with Gasteiger partial charge in [-0.25, -0.2) is 0 Å². The third-order valence-electron chi connectivity index (χ3n) is 3.91. The summed E-state index contributed by atoms with van der Waals surface area (Å²) in [6.07, 6.45) is 3.45. The number of hydrogen-bond acceptors (Lipinski definition) is 3. The Morgan fingerprint density at radius 2 is 1.79 bits per heavy atom. The molecule has 0 atom stereocenters. The first kappa shape index (κ1) is 10.9. The minimum atomic E-state index is 0.781. The summed E-state index contributed by atoms with van der Waals surface area (Å²) in [5.74, 6) is 2.78. The normalized spacial score (nSPS) is 16.7. The van der Waals surface area contributed by atoms with Crippen LogP contribution in [-0.2, 0) is 6.42 Å². The number of fused-ring (bicyclic) bond motifs is 2. The smallest absolute Gasteiger partial charge is 0.224 e. The van der Waals surface area contributed by atoms with E-state index in [0.29, 0.717) is 0 Å². The summed E-state index contributed by atoms with van der Waals surface area (Å²) in [5.41, 5.74) is 2.42. The van der Waals surface area contributed by atoms with Gasteiger partial charge >= 0.3 is 0 Å². The first-order valence-corrected chi connectivity index (χ1v) is 6.91. The molecule has 3 heterocycles. The van der Waals surface area contributed by atoms with Crippen LogP contribution in [0.1, 0.15) is 24.0 Å². The van der Waals surface area contributed by atoms with Gasteiger partial charge in [-0.1, -0.05) is 18.2 Å². The molecule has 2 aliphatic rings. The Balaban J connectivity index is 1.70. The Kier molecular flexibility index (Phi) is 2.44. The molecule has 0 spiro atoms. The average molecular weight is 252 g/mol. The van der Waals surface area contributed by atoms with Crippen molar-refractivity contribution in [3.8, 4) is 11.6 Å². The van der Waals surface area contributed by atoms with Crippen LogP contribution >= 0.6 is 0 Å². The van der Waals surface area contributed by atoms with Crippen LogP contribution in [0.4, 0.5) is 5.82 Å². The first-order chi connectivity index (χ1) is 9.40. The SMILES string of the molecule is c1ccc2c(c1)Cc1ccc(N3CCCC3)nc1O2. The summed E-state index contributed by atoms with van der Waals surface area (Å²) in [6.45, 7) is 2.23. The van der Waals surface area contributed by atoms with Crippen molar-refractivity contribution >= 4 is 5.82 Å². The molecule has 0 saturated carbocycles. The number of aromatic nitrogens is 1. The minimum Gasteiger partial charge on any atom is -0.438 e. The predicted molar refractivity (Wildman–Crippen MR) is 75.0 cm³/mol. The molecule has 1 fully saturated rings. The molecule has 0 bridgehead atoms. The lowest BCUT2D eigenvalue weighted by Gasteiger charge is -2.22. The van der Waals surface area contributed by atoms with Gasteiger partial charge in [0.15, 0.2) is 0 Å². The molecule has 19 heavy (non-hydrogen) atoms. The second-order valence-corrected chi connectivity index (χ2v) is 5.21. The van der Waals surface area contributed by atoms with Gasteiger partial charge in [0.05, 0.1) is 0 Å². The highest BCUT2D eigenvalue weighted by Gasteiger charge is 2.20. The van der Waals surface area contributed by atoms with Crippen molar-refractivity contribution in [1.82, 2.24) is 4.98 Å². The number of para-hydroxylation sites is 1. The Hall–Kier alpha value is -2.03. The third-order valence-corrected chi connectivity index (χ3v) is 3.91. The second-order valence-electron chi connectivity index (χ2n) is 5.21. The van der Waals surface area contributed by atoms with Crippen LogP contribution in [0, 0.1) is 0 Å². The summed E-state index contributed by atoms with van der Waals surface area (Å²) in [4.78, 5) is 7.04. The molecule has 0 radical (unpaired) electrons. The van der Waals surface area contributed by atoms with E-state index in [0.717, 1.165) is 37.0 Å². The van der Waals surface area contributed by atoms with E-state index >= 15 is 0 Å². The number of ether oxygens (including phenoxy) is 1. The maximum absolute atomic E-state index is 5.94. The number of hydrogen-bond donors (Lipinski definition) is 0. The highest BCUT2D eigenvalue weighted by Crippen LogP contribution is 2.36. The zero-order valence-electron chi connectivity index (χ0n) is 10.8. The van der Waals surface area contributed by atoms with Crippen LogP contribution in [0.15, 0.2) is 36.4 Å². The monoisotopic (exact) mass is 252 g/mol. The topological polar surface area (TPSA) is 25.4 Å². The molecule has 2 aromatic rings. The lowest BCUT2D eigenvalue weighted by molar-refractivity contribution is 0.440. The minimum absolute atomic E-state index is 0.781. The third kappa shape index (κ3) is 1.86. The Bertz CT molecular complexity index is 618. The molecule has 1 saturated heterocycles. The molecule has 0 aliphatic carbocycles. The van der Waals surface area contributed by atoms with Crippen molar-refractivity contribution in [2.24, 2.45) is 0 Å². The van der Waals surface area contributed by atoms with Crippen molar-refractivity contribution < 1.29 is 4.74 Å². The van der Waals surface area contributed by atoms with E-state index in [1.807, 2.05) is 12.1 Å². The quantitative estimate of drug-likeness (QED) is 0.664. The molecule has 0 unspecified atom stereocenters. The molecule has 3 nitrogen and oxygen atoms in total. The summed E-state index contributed by atoms with van der Waals surface area (Å²) < 4.78 is 5.94. The van der Waals surface area contributed by atoms with Crippen molar-refractivity contribution in [1.29, 1.82) is 0 Å². The molecule has 2 aliphatic heterocycles. The van der Waals surface area contributed by atoms with E-state index in [-0.39, 0.29) is 0 Å². The summed E-state index contributed by atoms with van der Waals surface area (Å²) in [7, 11) is 0. The highest BCUT2D eigenvalue weighted by molar-refractivity contribution is 5.51. The summed E-state index contributed by atoms with van der Waals surface area (Å²) in [5, 5.41) is 0. The number of nitrogens with zero attached hydrogens (tertiary/aromatic N) is 2. The zero-order valence-corrected chi connectivity index (χ0v) is 10.8. The van der Waals surface area contributed by atoms with E-state index in [1.54, 1.807) is 0 Å². The standard InChI is InChI=1S/C16H16N2O/c1-2-6-14-12(5-1)11-13-7-8-15(17-16(13)19-14)18-9-3-4-10-18/h1-2,5-8H,3-4,9-11H2. The van der Waals surface area contributed by atoms with Crippen molar-refractivity contribution in [3.63, 3.8) is 0 Å². The van der Waals surface area contributed by atoms with Gasteiger partial charge in [-0.05, 0) is 36.6 Å². The van der Waals surface area contributed by atoms with Gasteiger partial charge in [0.1, 0.15) is 11.6 Å². The zero-order chi connectivity index (χ0) is 12.7. The average Bonchev–Trinajstić information content (AvgIpc) is 2.98. The van der Waals surface area contributed by atoms with Crippen molar-refractivity contribution in [2.45, 2.75) is 19.3 Å². The molecule has 0 amide bonds. The van der Waals surface area contributed by atoms with Gasteiger partial charge in [0.2, 0.25) is 5.88 Å². The Morgan fingerprint density at radius 3 is 2.68 bits per heavy atom. The maximum Gasteiger partial charge on any atom is 0.224 e. The first-order valence-electron chi connectivity index (χ1n) is 6.91. The largest absolute Gasteiger partial charge is 0.438 e. The van der Waals surface area contributed by atoms with Crippen LogP contribution in [0.2, 0.25) is 0 Å². The van der Waals surface area contributed by atoms with E-state index in [4.69, 9.17) is 9.72 Å². The molecule has 4 rings (SSSR count). The van der Waals surface area contributed by atoms with Crippen LogP contribution in [-0.4, -0.2) is 18.1 Å². The molecular weight excluding hydrogens is 236 g/mol. The van der Waals surface area contributed by atoms with E-state index < -0.39 is 0 Å². The van der Waals surface area contributed by atoms with Gasteiger partial charge in [-0.15, -0.1) is 0 Å². The fourth-order valence-corrected chi connectivity index (χ4v) is 2.86. The lowest BCUT2D eigenvalue weighted by atomic mass is 10.0. The Labute approximate surface area is 112 Å². The van der Waals surface area contributed by atoms with Gasteiger partial charge < -0.3 is 9.64 Å². The summed E-state index contributed by atoms with van der Waals surface area (Å²) >= 11 is 0. The van der Waals surface area contributed by atoms with Crippen LogP contribution in [0.5, 0.6) is 11.6 Å². The van der Waals surface area contributed by atoms with Crippen LogP contribution < -0.4 is 9.64 Å². The number of pyridine rings is 1. The highest BCUT2D eigenvalue weighted by atomic mass is 16.5. The maximum atomic E-state index is 5.94. The fourth-order valence-electron chi connectivity index (χ4n) is 2.86. The Morgan fingerprint density at radius 1 is 0.947 bits per heavy atom. The molecule has 0 N–H and O–H groups in total. The van der Waals surface area contributed by atoms with E-state index in [1.165, 1.54) is 24.0 Å². The summed E-state index contributed by atoms with van der Waals surface area (Å²) in [6, 6.07) is 12.5. The number of rotatable bonds is 1. The molecule has 1 aromatic heterocycles. The lowest BCUT2D eigenvalue weighted by Crippen LogP contribution is -2.19. The van der Waals surface area contributed by atoms with Gasteiger partial charge in [0, 0.05) is 25.1 Å². The predicted octanol–water partition coefficient (Wildman–Crippen LogP) is 3.38. The van der Waals surface area contributed by atoms with Crippen LogP contribution in [0.25, 0.3) is 0 Å².